The number of para-hydroxylation sites is 1. The smallest absolute Gasteiger partial charge is 0.170 e. The number of Topliss-reactive ketones (excluding diaryl/α,β-unsaturated/α-hetero) is 1. The molecular formula is C17H14N2O. The predicted octanol–water partition coefficient (Wildman–Crippen LogP) is 3.36. The average Bonchev–Trinajstić information content (AvgIpc) is 2.48. The van der Waals surface area contributed by atoms with E-state index in [0.717, 1.165) is 22.3 Å². The first-order valence-electron chi connectivity index (χ1n) is 6.53. The van der Waals surface area contributed by atoms with Crippen LogP contribution < -0.4 is 0 Å². The van der Waals surface area contributed by atoms with Gasteiger partial charge in [0.25, 0.3) is 0 Å². The molecule has 0 spiro atoms. The standard InChI is InChI=1S/C17H14N2O/c1-12-6-7-14(11-18-12)17(20)10-15-9-8-13-4-2-3-5-16(13)19-15/h2-9,11H,10H2,1H3. The van der Waals surface area contributed by atoms with E-state index in [4.69, 9.17) is 0 Å². The number of fused-ring (bicyclic) bond motifs is 1. The van der Waals surface area contributed by atoms with Crippen molar-refractivity contribution in [3.63, 3.8) is 0 Å². The van der Waals surface area contributed by atoms with E-state index in [2.05, 4.69) is 9.97 Å². The highest BCUT2D eigenvalue weighted by atomic mass is 16.1. The van der Waals surface area contributed by atoms with Crippen LogP contribution in [0.1, 0.15) is 21.7 Å². The predicted molar refractivity (Wildman–Crippen MR) is 78.8 cm³/mol. The molecule has 98 valence electrons. The van der Waals surface area contributed by atoms with Crippen LogP contribution in [0.2, 0.25) is 0 Å². The fourth-order valence-corrected chi connectivity index (χ4v) is 2.11. The van der Waals surface area contributed by atoms with Gasteiger partial charge in [-0.05, 0) is 31.2 Å². The first kappa shape index (κ1) is 12.5. The summed E-state index contributed by atoms with van der Waals surface area (Å²) < 4.78 is 0. The van der Waals surface area contributed by atoms with Crippen molar-refractivity contribution in [3.05, 3.63) is 71.7 Å². The molecule has 3 nitrogen and oxygen atoms in total. The minimum Gasteiger partial charge on any atom is -0.294 e. The van der Waals surface area contributed by atoms with Gasteiger partial charge in [-0.15, -0.1) is 0 Å². The Morgan fingerprint density at radius 2 is 1.90 bits per heavy atom. The molecule has 0 saturated carbocycles. The van der Waals surface area contributed by atoms with Crippen molar-refractivity contribution in [2.24, 2.45) is 0 Å². The Morgan fingerprint density at radius 3 is 2.70 bits per heavy atom. The van der Waals surface area contributed by atoms with E-state index < -0.39 is 0 Å². The number of carbonyl (C=O) groups is 1. The van der Waals surface area contributed by atoms with Gasteiger partial charge in [-0.3, -0.25) is 14.8 Å². The quantitative estimate of drug-likeness (QED) is 0.680. The number of benzene rings is 1. The number of ketones is 1. The fourth-order valence-electron chi connectivity index (χ4n) is 2.11. The largest absolute Gasteiger partial charge is 0.294 e. The van der Waals surface area contributed by atoms with Crippen LogP contribution in [0.3, 0.4) is 0 Å². The van der Waals surface area contributed by atoms with Gasteiger partial charge in [-0.2, -0.15) is 0 Å². The maximum Gasteiger partial charge on any atom is 0.170 e. The Hall–Kier alpha value is -2.55. The van der Waals surface area contributed by atoms with E-state index in [1.165, 1.54) is 0 Å². The molecule has 2 heterocycles. The van der Waals surface area contributed by atoms with E-state index in [1.54, 1.807) is 6.20 Å². The molecule has 1 aromatic carbocycles. The molecule has 0 atom stereocenters. The molecule has 20 heavy (non-hydrogen) atoms. The molecule has 0 fully saturated rings. The molecule has 0 bridgehead atoms. The summed E-state index contributed by atoms with van der Waals surface area (Å²) in [6, 6.07) is 15.5. The van der Waals surface area contributed by atoms with Gasteiger partial charge in [-0.25, -0.2) is 0 Å². The van der Waals surface area contributed by atoms with Gasteiger partial charge in [0.2, 0.25) is 0 Å². The SMILES string of the molecule is Cc1ccc(C(=O)Cc2ccc3ccccc3n2)cn1. The number of rotatable bonds is 3. The van der Waals surface area contributed by atoms with Gasteiger partial charge in [0.05, 0.1) is 11.9 Å². The molecule has 2 aromatic heterocycles. The second kappa shape index (κ2) is 5.21. The minimum atomic E-state index is 0.0419. The molecular weight excluding hydrogens is 248 g/mol. The van der Waals surface area contributed by atoms with Crippen LogP contribution in [0, 0.1) is 6.92 Å². The van der Waals surface area contributed by atoms with Gasteiger partial charge in [0, 0.05) is 28.5 Å². The molecule has 0 aliphatic rings. The monoisotopic (exact) mass is 262 g/mol. The highest BCUT2D eigenvalue weighted by Gasteiger charge is 2.08. The number of nitrogens with zero attached hydrogens (tertiary/aromatic N) is 2. The minimum absolute atomic E-state index is 0.0419. The first-order chi connectivity index (χ1) is 9.72. The summed E-state index contributed by atoms with van der Waals surface area (Å²) in [5.74, 6) is 0.0419. The molecule has 3 rings (SSSR count). The Kier molecular flexibility index (Phi) is 3.25. The number of carbonyl (C=O) groups excluding carboxylic acids is 1. The van der Waals surface area contributed by atoms with Crippen molar-refractivity contribution in [3.8, 4) is 0 Å². The van der Waals surface area contributed by atoms with Gasteiger partial charge >= 0.3 is 0 Å². The summed E-state index contributed by atoms with van der Waals surface area (Å²) in [5, 5.41) is 1.08. The number of hydrogen-bond acceptors (Lipinski definition) is 3. The molecule has 0 saturated heterocycles. The summed E-state index contributed by atoms with van der Waals surface area (Å²) >= 11 is 0. The van der Waals surface area contributed by atoms with E-state index in [-0.39, 0.29) is 5.78 Å². The van der Waals surface area contributed by atoms with Crippen molar-refractivity contribution in [2.45, 2.75) is 13.3 Å². The maximum atomic E-state index is 12.2. The highest BCUT2D eigenvalue weighted by Crippen LogP contribution is 2.13. The van der Waals surface area contributed by atoms with Crippen LogP contribution in [-0.4, -0.2) is 15.8 Å². The van der Waals surface area contributed by atoms with Crippen molar-refractivity contribution in [1.82, 2.24) is 9.97 Å². The molecule has 0 unspecified atom stereocenters. The van der Waals surface area contributed by atoms with Crippen LogP contribution in [0.4, 0.5) is 0 Å². The molecule has 0 N–H and O–H groups in total. The second-order valence-electron chi connectivity index (χ2n) is 4.78. The molecule has 0 aliphatic heterocycles. The van der Waals surface area contributed by atoms with Gasteiger partial charge in [0.1, 0.15) is 0 Å². The lowest BCUT2D eigenvalue weighted by molar-refractivity contribution is 0.0991. The van der Waals surface area contributed by atoms with E-state index in [9.17, 15) is 4.79 Å². The second-order valence-corrected chi connectivity index (χ2v) is 4.78. The Morgan fingerprint density at radius 1 is 1.05 bits per heavy atom. The lowest BCUT2D eigenvalue weighted by atomic mass is 10.1. The third-order valence-corrected chi connectivity index (χ3v) is 3.23. The molecule has 3 aromatic rings. The van der Waals surface area contributed by atoms with Gasteiger partial charge < -0.3 is 0 Å². The summed E-state index contributed by atoms with van der Waals surface area (Å²) in [6.07, 6.45) is 1.92. The Labute approximate surface area is 117 Å². The van der Waals surface area contributed by atoms with E-state index in [1.807, 2.05) is 55.5 Å². The maximum absolute atomic E-state index is 12.2. The van der Waals surface area contributed by atoms with Gasteiger partial charge in [0.15, 0.2) is 5.78 Å². The average molecular weight is 262 g/mol. The lowest BCUT2D eigenvalue weighted by Crippen LogP contribution is -2.05. The summed E-state index contributed by atoms with van der Waals surface area (Å²) in [4.78, 5) is 20.8. The molecule has 0 aliphatic carbocycles. The summed E-state index contributed by atoms with van der Waals surface area (Å²) in [7, 11) is 0. The molecule has 3 heteroatoms. The molecule has 0 radical (unpaired) electrons. The number of aromatic nitrogens is 2. The number of aryl methyl sites for hydroxylation is 1. The van der Waals surface area contributed by atoms with Crippen LogP contribution in [0.25, 0.3) is 10.9 Å². The van der Waals surface area contributed by atoms with Crippen molar-refractivity contribution >= 4 is 16.7 Å². The van der Waals surface area contributed by atoms with Crippen LogP contribution in [0.15, 0.2) is 54.7 Å². The van der Waals surface area contributed by atoms with Crippen molar-refractivity contribution < 1.29 is 4.79 Å². The summed E-state index contributed by atoms with van der Waals surface area (Å²) in [6.45, 7) is 1.90. The number of hydrogen-bond donors (Lipinski definition) is 0. The fraction of sp³-hybridized carbons (Fsp3) is 0.118. The third-order valence-electron chi connectivity index (χ3n) is 3.23. The molecule has 0 amide bonds. The third kappa shape index (κ3) is 2.57. The zero-order valence-corrected chi connectivity index (χ0v) is 11.2. The Balaban J connectivity index is 1.85. The van der Waals surface area contributed by atoms with Crippen LogP contribution in [-0.2, 0) is 6.42 Å². The first-order valence-corrected chi connectivity index (χ1v) is 6.53. The number of pyridine rings is 2. The topological polar surface area (TPSA) is 42.9 Å². The van der Waals surface area contributed by atoms with E-state index >= 15 is 0 Å². The lowest BCUT2D eigenvalue weighted by Gasteiger charge is -2.03. The van der Waals surface area contributed by atoms with E-state index in [0.29, 0.717) is 12.0 Å². The highest BCUT2D eigenvalue weighted by molar-refractivity contribution is 5.97. The zero-order chi connectivity index (χ0) is 13.9. The summed E-state index contributed by atoms with van der Waals surface area (Å²) in [5.41, 5.74) is 3.24. The van der Waals surface area contributed by atoms with Crippen molar-refractivity contribution in [1.29, 1.82) is 0 Å². The Bertz CT molecular complexity index is 763. The van der Waals surface area contributed by atoms with Gasteiger partial charge in [-0.1, -0.05) is 24.3 Å². The normalized spacial score (nSPS) is 10.7. The van der Waals surface area contributed by atoms with Crippen molar-refractivity contribution in [2.75, 3.05) is 0 Å². The zero-order valence-electron chi connectivity index (χ0n) is 11.2. The van der Waals surface area contributed by atoms with Crippen LogP contribution in [0.5, 0.6) is 0 Å². The van der Waals surface area contributed by atoms with Crippen LogP contribution >= 0.6 is 0 Å².